The summed E-state index contributed by atoms with van der Waals surface area (Å²) >= 11 is 1.55. The van der Waals surface area contributed by atoms with Crippen LogP contribution in [-0.4, -0.2) is 83.2 Å². The molecule has 0 aliphatic carbocycles. The molecule has 2 aromatic rings. The summed E-state index contributed by atoms with van der Waals surface area (Å²) in [7, 11) is -1.76. The molecule has 0 atom stereocenters. The van der Waals surface area contributed by atoms with Gasteiger partial charge in [0.1, 0.15) is 6.54 Å². The van der Waals surface area contributed by atoms with E-state index in [1.54, 1.807) is 48.2 Å². The highest BCUT2D eigenvalue weighted by Crippen LogP contribution is 2.25. The first-order chi connectivity index (χ1) is 15.8. The molecule has 1 amide bonds. The molecule has 1 heterocycles. The smallest absolute Gasteiger partial charge is 0.264 e. The van der Waals surface area contributed by atoms with Crippen LogP contribution in [0.5, 0.6) is 0 Å². The highest BCUT2D eigenvalue weighted by Gasteiger charge is 2.27. The van der Waals surface area contributed by atoms with Crippen molar-refractivity contribution in [1.82, 2.24) is 15.1 Å². The van der Waals surface area contributed by atoms with Crippen LogP contribution in [0.15, 0.2) is 58.3 Å². The van der Waals surface area contributed by atoms with Gasteiger partial charge in [0.05, 0.1) is 10.6 Å². The normalized spacial score (nSPS) is 15.4. The molecule has 0 radical (unpaired) electrons. The van der Waals surface area contributed by atoms with E-state index in [4.69, 9.17) is 0 Å². The number of piperazine rings is 1. The van der Waals surface area contributed by atoms with E-state index >= 15 is 0 Å². The lowest BCUT2D eigenvalue weighted by Gasteiger charge is -2.32. The predicted molar refractivity (Wildman–Crippen MR) is 135 cm³/mol. The molecule has 9 heteroatoms. The quantitative estimate of drug-likeness (QED) is 0.408. The van der Waals surface area contributed by atoms with Gasteiger partial charge in [-0.15, -0.1) is 11.8 Å². The standard InChI is InChI=1S/C24H34N4O3S2/c1-20-5-7-21(8-6-20)28(33(30,31)23-11-9-22(32-3)10-12-23)19-24(29)25-13-4-14-27-17-15-26(2)16-18-27/h5-12H,4,13-19H2,1-3H3,(H,25,29). The first-order valence-corrected chi connectivity index (χ1v) is 13.9. The monoisotopic (exact) mass is 490 g/mol. The van der Waals surface area contributed by atoms with Crippen LogP contribution in [0.1, 0.15) is 12.0 Å². The zero-order valence-electron chi connectivity index (χ0n) is 19.7. The second kappa shape index (κ2) is 11.9. The number of sulfonamides is 1. The van der Waals surface area contributed by atoms with Gasteiger partial charge in [0, 0.05) is 37.6 Å². The van der Waals surface area contributed by atoms with Crippen LogP contribution in [0, 0.1) is 6.92 Å². The van der Waals surface area contributed by atoms with E-state index in [1.807, 2.05) is 25.3 Å². The summed E-state index contributed by atoms with van der Waals surface area (Å²) < 4.78 is 28.1. The van der Waals surface area contributed by atoms with Crippen molar-refractivity contribution in [3.63, 3.8) is 0 Å². The Morgan fingerprint density at radius 1 is 1.03 bits per heavy atom. The van der Waals surface area contributed by atoms with Crippen molar-refractivity contribution in [2.24, 2.45) is 0 Å². The molecule has 2 aromatic carbocycles. The molecule has 180 valence electrons. The van der Waals surface area contributed by atoms with Gasteiger partial charge in [-0.1, -0.05) is 17.7 Å². The van der Waals surface area contributed by atoms with Gasteiger partial charge in [0.15, 0.2) is 0 Å². The van der Waals surface area contributed by atoms with Gasteiger partial charge in [-0.2, -0.15) is 0 Å². The van der Waals surface area contributed by atoms with E-state index in [0.29, 0.717) is 12.2 Å². The number of thioether (sulfide) groups is 1. The molecule has 0 aromatic heterocycles. The van der Waals surface area contributed by atoms with Crippen molar-refractivity contribution in [3.8, 4) is 0 Å². The minimum Gasteiger partial charge on any atom is -0.354 e. The zero-order valence-corrected chi connectivity index (χ0v) is 21.3. The van der Waals surface area contributed by atoms with Crippen molar-refractivity contribution in [1.29, 1.82) is 0 Å². The van der Waals surface area contributed by atoms with Crippen LogP contribution in [0.3, 0.4) is 0 Å². The topological polar surface area (TPSA) is 73.0 Å². The maximum absolute atomic E-state index is 13.4. The maximum Gasteiger partial charge on any atom is 0.264 e. The summed E-state index contributed by atoms with van der Waals surface area (Å²) in [5, 5.41) is 2.90. The lowest BCUT2D eigenvalue weighted by Crippen LogP contribution is -2.45. The number of hydrogen-bond acceptors (Lipinski definition) is 6. The van der Waals surface area contributed by atoms with Gasteiger partial charge < -0.3 is 15.1 Å². The Balaban J connectivity index is 1.65. The number of benzene rings is 2. The van der Waals surface area contributed by atoms with Gasteiger partial charge in [0.2, 0.25) is 5.91 Å². The number of carbonyl (C=O) groups excluding carboxylic acids is 1. The highest BCUT2D eigenvalue weighted by molar-refractivity contribution is 7.98. The number of anilines is 1. The minimum absolute atomic E-state index is 0.170. The molecule has 1 N–H and O–H groups in total. The molecule has 0 spiro atoms. The minimum atomic E-state index is -3.89. The van der Waals surface area contributed by atoms with Gasteiger partial charge in [-0.05, 0) is 69.6 Å². The Hall–Kier alpha value is -2.07. The van der Waals surface area contributed by atoms with E-state index in [0.717, 1.165) is 49.6 Å². The summed E-state index contributed by atoms with van der Waals surface area (Å²) in [5.41, 5.74) is 1.50. The summed E-state index contributed by atoms with van der Waals surface area (Å²) in [5.74, 6) is -0.307. The van der Waals surface area contributed by atoms with Gasteiger partial charge >= 0.3 is 0 Å². The lowest BCUT2D eigenvalue weighted by atomic mass is 10.2. The Bertz CT molecular complexity index is 1000. The van der Waals surface area contributed by atoms with E-state index in [-0.39, 0.29) is 17.3 Å². The number of amides is 1. The number of rotatable bonds is 10. The van der Waals surface area contributed by atoms with E-state index in [9.17, 15) is 13.2 Å². The SMILES string of the molecule is CSc1ccc(S(=O)(=O)N(CC(=O)NCCCN2CCN(C)CC2)c2ccc(C)cc2)cc1. The summed E-state index contributed by atoms with van der Waals surface area (Å²) in [6, 6.07) is 13.9. The van der Waals surface area contributed by atoms with Gasteiger partial charge in [-0.25, -0.2) is 8.42 Å². The fourth-order valence-corrected chi connectivity index (χ4v) is 5.52. The second-order valence-corrected chi connectivity index (χ2v) is 11.1. The Morgan fingerprint density at radius 2 is 1.67 bits per heavy atom. The third-order valence-electron chi connectivity index (χ3n) is 5.83. The van der Waals surface area contributed by atoms with Crippen LogP contribution >= 0.6 is 11.8 Å². The van der Waals surface area contributed by atoms with Gasteiger partial charge in [-0.3, -0.25) is 9.10 Å². The van der Waals surface area contributed by atoms with Gasteiger partial charge in [0.25, 0.3) is 10.0 Å². The second-order valence-electron chi connectivity index (χ2n) is 8.37. The zero-order chi connectivity index (χ0) is 23.8. The highest BCUT2D eigenvalue weighted by atomic mass is 32.2. The Kier molecular flexibility index (Phi) is 9.19. The molecular formula is C24H34N4O3S2. The number of carbonyl (C=O) groups is 1. The number of hydrogen-bond donors (Lipinski definition) is 1. The molecule has 1 saturated heterocycles. The third-order valence-corrected chi connectivity index (χ3v) is 8.36. The molecule has 1 aliphatic heterocycles. The maximum atomic E-state index is 13.4. The summed E-state index contributed by atoms with van der Waals surface area (Å²) in [4.78, 5) is 18.6. The average Bonchev–Trinajstić information content (AvgIpc) is 2.82. The first kappa shape index (κ1) is 25.6. The molecule has 33 heavy (non-hydrogen) atoms. The van der Waals surface area contributed by atoms with E-state index in [2.05, 4.69) is 22.2 Å². The molecule has 1 aliphatic rings. The van der Waals surface area contributed by atoms with Crippen LogP contribution in [0.25, 0.3) is 0 Å². The molecule has 0 saturated carbocycles. The number of aryl methyl sites for hydroxylation is 1. The van der Waals surface area contributed by atoms with Crippen LogP contribution < -0.4 is 9.62 Å². The summed E-state index contributed by atoms with van der Waals surface area (Å²) in [6.45, 7) is 7.34. The number of nitrogens with zero attached hydrogens (tertiary/aromatic N) is 3. The van der Waals surface area contributed by atoms with Crippen LogP contribution in [-0.2, 0) is 14.8 Å². The fourth-order valence-electron chi connectivity index (χ4n) is 3.69. The van der Waals surface area contributed by atoms with Crippen molar-refractivity contribution < 1.29 is 13.2 Å². The molecule has 3 rings (SSSR count). The average molecular weight is 491 g/mol. The van der Waals surface area contributed by atoms with Crippen molar-refractivity contribution in [2.45, 2.75) is 23.1 Å². The van der Waals surface area contributed by atoms with Crippen molar-refractivity contribution >= 4 is 33.4 Å². The fraction of sp³-hybridized carbons (Fsp3) is 0.458. The number of nitrogens with one attached hydrogen (secondary N) is 1. The molecule has 0 unspecified atom stereocenters. The van der Waals surface area contributed by atoms with E-state index in [1.165, 1.54) is 4.31 Å². The lowest BCUT2D eigenvalue weighted by molar-refractivity contribution is -0.119. The molecule has 7 nitrogen and oxygen atoms in total. The first-order valence-electron chi connectivity index (χ1n) is 11.2. The van der Waals surface area contributed by atoms with Crippen molar-refractivity contribution in [3.05, 3.63) is 54.1 Å². The van der Waals surface area contributed by atoms with Crippen LogP contribution in [0.4, 0.5) is 5.69 Å². The molecule has 0 bridgehead atoms. The molecule has 1 fully saturated rings. The summed E-state index contributed by atoms with van der Waals surface area (Å²) in [6.07, 6.45) is 2.78. The third kappa shape index (κ3) is 7.20. The van der Waals surface area contributed by atoms with Crippen LogP contribution in [0.2, 0.25) is 0 Å². The number of likely N-dealkylation sites (N-methyl/N-ethyl adjacent to an activating group) is 1. The van der Waals surface area contributed by atoms with E-state index < -0.39 is 10.0 Å². The Labute approximate surface area is 202 Å². The Morgan fingerprint density at radius 3 is 2.27 bits per heavy atom. The van der Waals surface area contributed by atoms with Crippen molar-refractivity contribution in [2.75, 3.05) is 63.4 Å². The molecular weight excluding hydrogens is 456 g/mol. The predicted octanol–water partition coefficient (Wildman–Crippen LogP) is 2.67. The largest absolute Gasteiger partial charge is 0.354 e.